The highest BCUT2D eigenvalue weighted by molar-refractivity contribution is 5.81. The summed E-state index contributed by atoms with van der Waals surface area (Å²) in [4.78, 5) is 11.3. The average Bonchev–Trinajstić information content (AvgIpc) is 2.21. The predicted molar refractivity (Wildman–Crippen MR) is 55.3 cm³/mol. The molecule has 0 aliphatic heterocycles. The number of rotatable bonds is 6. The number of hydrogen-bond acceptors (Lipinski definition) is 3. The van der Waals surface area contributed by atoms with Crippen LogP contribution in [-0.4, -0.2) is 18.5 Å². The molecular weight excluding hydrogens is 178 g/mol. The van der Waals surface area contributed by atoms with Crippen LogP contribution in [0.2, 0.25) is 0 Å². The fourth-order valence-corrected chi connectivity index (χ4v) is 0.986. The number of nitrogens with two attached hydrogens (primary N) is 1. The Balaban J connectivity index is 3.68. The topological polar surface area (TPSA) is 78.9 Å². The number of carbonyl (C=O) groups excluding carboxylic acids is 1. The van der Waals surface area contributed by atoms with Gasteiger partial charge in [0.05, 0.1) is 18.0 Å². The maximum Gasteiger partial charge on any atom is 0.236 e. The van der Waals surface area contributed by atoms with Crippen LogP contribution in [0.5, 0.6) is 0 Å². The summed E-state index contributed by atoms with van der Waals surface area (Å²) in [5.41, 5.74) is 5.64. The van der Waals surface area contributed by atoms with Crippen molar-refractivity contribution < 1.29 is 4.79 Å². The van der Waals surface area contributed by atoms with Gasteiger partial charge in [0.15, 0.2) is 0 Å². The minimum atomic E-state index is -0.430. The lowest BCUT2D eigenvalue weighted by Gasteiger charge is -2.12. The zero-order valence-electron chi connectivity index (χ0n) is 8.92. The predicted octanol–water partition coefficient (Wildman–Crippen LogP) is 0.780. The molecule has 0 aromatic rings. The summed E-state index contributed by atoms with van der Waals surface area (Å²) >= 11 is 0. The second-order valence-electron chi connectivity index (χ2n) is 3.52. The maximum absolute atomic E-state index is 11.3. The normalized spacial score (nSPS) is 14.1. The monoisotopic (exact) mass is 197 g/mol. The van der Waals surface area contributed by atoms with Crippen LogP contribution in [0.3, 0.4) is 0 Å². The van der Waals surface area contributed by atoms with Crippen LogP contribution in [0, 0.1) is 17.2 Å². The molecule has 0 heterocycles. The highest BCUT2D eigenvalue weighted by atomic mass is 16.2. The molecule has 0 fully saturated rings. The van der Waals surface area contributed by atoms with Gasteiger partial charge in [0.1, 0.15) is 0 Å². The third-order valence-electron chi connectivity index (χ3n) is 2.01. The molecule has 2 atom stereocenters. The minimum Gasteiger partial charge on any atom is -0.353 e. The lowest BCUT2D eigenvalue weighted by Crippen LogP contribution is -2.41. The molecular formula is C10H19N3O. The Morgan fingerprint density at radius 2 is 2.29 bits per heavy atom. The molecule has 4 nitrogen and oxygen atoms in total. The van der Waals surface area contributed by atoms with Gasteiger partial charge >= 0.3 is 0 Å². The van der Waals surface area contributed by atoms with E-state index < -0.39 is 6.04 Å². The minimum absolute atomic E-state index is 0.152. The molecule has 0 aliphatic carbocycles. The summed E-state index contributed by atoms with van der Waals surface area (Å²) in [6.07, 6.45) is 2.71. The van der Waals surface area contributed by atoms with Crippen LogP contribution in [0.4, 0.5) is 0 Å². The van der Waals surface area contributed by atoms with Crippen molar-refractivity contribution in [2.24, 2.45) is 11.7 Å². The first-order chi connectivity index (χ1) is 6.61. The Kier molecular flexibility index (Phi) is 6.77. The van der Waals surface area contributed by atoms with Crippen LogP contribution in [0.1, 0.15) is 33.1 Å². The molecule has 80 valence electrons. The Morgan fingerprint density at radius 3 is 2.79 bits per heavy atom. The van der Waals surface area contributed by atoms with E-state index in [-0.39, 0.29) is 11.8 Å². The molecule has 0 spiro atoms. The first-order valence-electron chi connectivity index (χ1n) is 5.04. The largest absolute Gasteiger partial charge is 0.353 e. The molecule has 4 heteroatoms. The SMILES string of the molecule is CCCCC(N)C(=O)NCC(C)C#N. The van der Waals surface area contributed by atoms with Crippen molar-refractivity contribution in [2.75, 3.05) is 6.54 Å². The first-order valence-corrected chi connectivity index (χ1v) is 5.04. The van der Waals surface area contributed by atoms with E-state index in [1.807, 2.05) is 6.07 Å². The van der Waals surface area contributed by atoms with Gasteiger partial charge < -0.3 is 11.1 Å². The Labute approximate surface area is 85.5 Å². The zero-order chi connectivity index (χ0) is 11.0. The molecule has 0 saturated heterocycles. The number of nitrogens with zero attached hydrogens (tertiary/aromatic N) is 1. The van der Waals surface area contributed by atoms with E-state index in [1.54, 1.807) is 6.92 Å². The van der Waals surface area contributed by atoms with E-state index in [0.29, 0.717) is 13.0 Å². The van der Waals surface area contributed by atoms with E-state index in [1.165, 1.54) is 0 Å². The van der Waals surface area contributed by atoms with Gasteiger partial charge in [0.2, 0.25) is 5.91 Å². The summed E-state index contributed by atoms with van der Waals surface area (Å²) in [6, 6.07) is 1.62. The van der Waals surface area contributed by atoms with Gasteiger partial charge in [-0.1, -0.05) is 19.8 Å². The number of hydrogen-bond donors (Lipinski definition) is 2. The van der Waals surface area contributed by atoms with Crippen LogP contribution in [0.15, 0.2) is 0 Å². The molecule has 2 unspecified atom stereocenters. The number of nitrogens with one attached hydrogen (secondary N) is 1. The van der Waals surface area contributed by atoms with Crippen molar-refractivity contribution in [3.05, 3.63) is 0 Å². The number of carbonyl (C=O) groups is 1. The average molecular weight is 197 g/mol. The van der Waals surface area contributed by atoms with Gasteiger partial charge in [-0.05, 0) is 13.3 Å². The van der Waals surface area contributed by atoms with Crippen molar-refractivity contribution >= 4 is 5.91 Å². The molecule has 0 rings (SSSR count). The van der Waals surface area contributed by atoms with Gasteiger partial charge in [-0.2, -0.15) is 5.26 Å². The fraction of sp³-hybridized carbons (Fsp3) is 0.800. The quantitative estimate of drug-likeness (QED) is 0.660. The Bertz CT molecular complexity index is 210. The lowest BCUT2D eigenvalue weighted by molar-refractivity contribution is -0.122. The molecule has 0 aromatic carbocycles. The molecule has 1 amide bonds. The van der Waals surface area contributed by atoms with Crippen LogP contribution in [0.25, 0.3) is 0 Å². The zero-order valence-corrected chi connectivity index (χ0v) is 8.92. The Hall–Kier alpha value is -1.08. The summed E-state index contributed by atoms with van der Waals surface area (Å²) in [5.74, 6) is -0.308. The third kappa shape index (κ3) is 5.55. The van der Waals surface area contributed by atoms with Gasteiger partial charge in [-0.3, -0.25) is 4.79 Å². The Morgan fingerprint density at radius 1 is 1.64 bits per heavy atom. The van der Waals surface area contributed by atoms with Crippen LogP contribution in [-0.2, 0) is 4.79 Å². The van der Waals surface area contributed by atoms with Gasteiger partial charge in [0, 0.05) is 6.54 Å². The summed E-state index contributed by atoms with van der Waals surface area (Å²) < 4.78 is 0. The lowest BCUT2D eigenvalue weighted by atomic mass is 10.1. The van der Waals surface area contributed by atoms with Crippen molar-refractivity contribution in [3.8, 4) is 6.07 Å². The summed E-state index contributed by atoms with van der Waals surface area (Å²) in [7, 11) is 0. The molecule has 3 N–H and O–H groups in total. The van der Waals surface area contributed by atoms with E-state index >= 15 is 0 Å². The highest BCUT2D eigenvalue weighted by Gasteiger charge is 2.12. The molecule has 0 radical (unpaired) electrons. The first kappa shape index (κ1) is 12.9. The van der Waals surface area contributed by atoms with Gasteiger partial charge in [0.25, 0.3) is 0 Å². The van der Waals surface area contributed by atoms with E-state index in [2.05, 4.69) is 12.2 Å². The van der Waals surface area contributed by atoms with Gasteiger partial charge in [-0.25, -0.2) is 0 Å². The van der Waals surface area contributed by atoms with E-state index in [4.69, 9.17) is 11.0 Å². The molecule has 0 aromatic heterocycles. The van der Waals surface area contributed by atoms with Crippen molar-refractivity contribution in [1.82, 2.24) is 5.32 Å². The molecule has 0 bridgehead atoms. The molecule has 0 saturated carbocycles. The van der Waals surface area contributed by atoms with E-state index in [0.717, 1.165) is 12.8 Å². The summed E-state index contributed by atoms with van der Waals surface area (Å²) in [6.45, 7) is 4.20. The van der Waals surface area contributed by atoms with Crippen molar-refractivity contribution in [1.29, 1.82) is 5.26 Å². The molecule has 14 heavy (non-hydrogen) atoms. The second-order valence-corrected chi connectivity index (χ2v) is 3.52. The smallest absolute Gasteiger partial charge is 0.236 e. The third-order valence-corrected chi connectivity index (χ3v) is 2.01. The van der Waals surface area contributed by atoms with Crippen molar-refractivity contribution in [2.45, 2.75) is 39.2 Å². The van der Waals surface area contributed by atoms with Crippen LogP contribution < -0.4 is 11.1 Å². The van der Waals surface area contributed by atoms with Crippen LogP contribution >= 0.6 is 0 Å². The van der Waals surface area contributed by atoms with Gasteiger partial charge in [-0.15, -0.1) is 0 Å². The highest BCUT2D eigenvalue weighted by Crippen LogP contribution is 1.98. The fourth-order valence-electron chi connectivity index (χ4n) is 0.986. The number of nitriles is 1. The second kappa shape index (κ2) is 7.34. The number of amides is 1. The van der Waals surface area contributed by atoms with E-state index in [9.17, 15) is 4.79 Å². The number of unbranched alkanes of at least 4 members (excludes halogenated alkanes) is 1. The summed E-state index contributed by atoms with van der Waals surface area (Å²) in [5, 5.41) is 11.2. The maximum atomic E-state index is 11.3. The van der Waals surface area contributed by atoms with Crippen molar-refractivity contribution in [3.63, 3.8) is 0 Å². The molecule has 0 aliphatic rings. The standard InChI is InChI=1S/C10H19N3O/c1-3-4-5-9(12)10(14)13-7-8(2)6-11/h8-9H,3-5,7,12H2,1-2H3,(H,13,14).